The van der Waals surface area contributed by atoms with Gasteiger partial charge in [-0.1, -0.05) is 6.42 Å². The van der Waals surface area contributed by atoms with Crippen LogP contribution in [0.5, 0.6) is 0 Å². The molecule has 6 heteroatoms. The average Bonchev–Trinajstić information content (AvgIpc) is 2.98. The highest BCUT2D eigenvalue weighted by Gasteiger charge is 2.27. The van der Waals surface area contributed by atoms with Crippen molar-refractivity contribution in [2.75, 3.05) is 46.4 Å². The lowest BCUT2D eigenvalue weighted by Crippen LogP contribution is -2.47. The van der Waals surface area contributed by atoms with Gasteiger partial charge in [-0.15, -0.1) is 0 Å². The summed E-state index contributed by atoms with van der Waals surface area (Å²) in [7, 11) is 1.88. The SMILES string of the molecule is Cc1ccc([C@H](CNC(=O)N(C)CC2CCC2)N2CCOCC2)o1. The Hall–Kier alpha value is -1.53. The summed E-state index contributed by atoms with van der Waals surface area (Å²) in [5.41, 5.74) is 0. The van der Waals surface area contributed by atoms with Gasteiger partial charge in [0.15, 0.2) is 0 Å². The van der Waals surface area contributed by atoms with Crippen LogP contribution in [0.3, 0.4) is 0 Å². The third kappa shape index (κ3) is 4.30. The molecule has 3 rings (SSSR count). The highest BCUT2D eigenvalue weighted by molar-refractivity contribution is 5.73. The first kappa shape index (κ1) is 17.3. The topological polar surface area (TPSA) is 58.0 Å². The number of hydrogen-bond donors (Lipinski definition) is 1. The largest absolute Gasteiger partial charge is 0.465 e. The number of hydrogen-bond acceptors (Lipinski definition) is 4. The molecule has 0 aromatic carbocycles. The first-order chi connectivity index (χ1) is 11.6. The van der Waals surface area contributed by atoms with Crippen LogP contribution < -0.4 is 5.32 Å². The van der Waals surface area contributed by atoms with Gasteiger partial charge in [0, 0.05) is 33.2 Å². The average molecular weight is 335 g/mol. The van der Waals surface area contributed by atoms with Gasteiger partial charge in [-0.2, -0.15) is 0 Å². The summed E-state index contributed by atoms with van der Waals surface area (Å²) < 4.78 is 11.3. The molecule has 0 radical (unpaired) electrons. The fraction of sp³-hybridized carbons (Fsp3) is 0.722. The number of morpholine rings is 1. The summed E-state index contributed by atoms with van der Waals surface area (Å²) in [4.78, 5) is 16.5. The first-order valence-corrected chi connectivity index (χ1v) is 9.00. The van der Waals surface area contributed by atoms with Crippen molar-refractivity contribution in [3.8, 4) is 0 Å². The Morgan fingerprint density at radius 2 is 2.12 bits per heavy atom. The smallest absolute Gasteiger partial charge is 0.317 e. The molecule has 0 spiro atoms. The summed E-state index contributed by atoms with van der Waals surface area (Å²) in [6, 6.07) is 4.06. The molecule has 1 aliphatic heterocycles. The number of aryl methyl sites for hydroxylation is 1. The Morgan fingerprint density at radius 1 is 1.38 bits per heavy atom. The number of nitrogens with zero attached hydrogens (tertiary/aromatic N) is 2. The van der Waals surface area contributed by atoms with E-state index < -0.39 is 0 Å². The van der Waals surface area contributed by atoms with Crippen LogP contribution in [-0.4, -0.2) is 62.3 Å². The van der Waals surface area contributed by atoms with E-state index in [0.717, 1.165) is 44.4 Å². The second-order valence-electron chi connectivity index (χ2n) is 6.98. The lowest BCUT2D eigenvalue weighted by Gasteiger charge is -2.34. The van der Waals surface area contributed by atoms with Gasteiger partial charge in [0.05, 0.1) is 19.3 Å². The van der Waals surface area contributed by atoms with Crippen LogP contribution >= 0.6 is 0 Å². The van der Waals surface area contributed by atoms with Crippen LogP contribution in [-0.2, 0) is 4.74 Å². The van der Waals surface area contributed by atoms with E-state index in [9.17, 15) is 4.79 Å². The van der Waals surface area contributed by atoms with Crippen LogP contribution in [0.25, 0.3) is 0 Å². The molecule has 6 nitrogen and oxygen atoms in total. The summed E-state index contributed by atoms with van der Waals surface area (Å²) in [5, 5.41) is 3.09. The molecule has 2 fully saturated rings. The Kier molecular flexibility index (Phi) is 5.79. The number of amides is 2. The van der Waals surface area contributed by atoms with Gasteiger partial charge in [-0.05, 0) is 37.8 Å². The molecule has 24 heavy (non-hydrogen) atoms. The maximum Gasteiger partial charge on any atom is 0.317 e. The van der Waals surface area contributed by atoms with Crippen molar-refractivity contribution in [2.45, 2.75) is 32.2 Å². The molecular formula is C18H29N3O3. The van der Waals surface area contributed by atoms with E-state index in [2.05, 4.69) is 10.2 Å². The number of rotatable bonds is 6. The fourth-order valence-electron chi connectivity index (χ4n) is 3.40. The van der Waals surface area contributed by atoms with E-state index >= 15 is 0 Å². The molecule has 2 amide bonds. The minimum atomic E-state index is 0.00318. The molecule has 2 aliphatic rings. The van der Waals surface area contributed by atoms with Crippen molar-refractivity contribution in [1.29, 1.82) is 0 Å². The highest BCUT2D eigenvalue weighted by atomic mass is 16.5. The molecule has 134 valence electrons. The Labute approximate surface area is 144 Å². The fourth-order valence-corrected chi connectivity index (χ4v) is 3.40. The second-order valence-corrected chi connectivity index (χ2v) is 6.98. The van der Waals surface area contributed by atoms with Gasteiger partial charge < -0.3 is 19.4 Å². The third-order valence-corrected chi connectivity index (χ3v) is 5.13. The molecule has 2 heterocycles. The first-order valence-electron chi connectivity index (χ1n) is 9.00. The van der Waals surface area contributed by atoms with Crippen molar-refractivity contribution >= 4 is 6.03 Å². The van der Waals surface area contributed by atoms with Crippen LogP contribution in [0.1, 0.15) is 36.8 Å². The van der Waals surface area contributed by atoms with Crippen LogP contribution in [0.4, 0.5) is 4.79 Å². The van der Waals surface area contributed by atoms with E-state index in [1.165, 1.54) is 19.3 Å². The van der Waals surface area contributed by atoms with Crippen LogP contribution in [0, 0.1) is 12.8 Å². The Balaban J connectivity index is 1.57. The van der Waals surface area contributed by atoms with Gasteiger partial charge in [0.2, 0.25) is 0 Å². The predicted molar refractivity (Wildman–Crippen MR) is 91.9 cm³/mol. The minimum Gasteiger partial charge on any atom is -0.465 e. The van der Waals surface area contributed by atoms with E-state index in [1.54, 1.807) is 0 Å². The molecule has 1 atom stereocenters. The maximum absolute atomic E-state index is 12.4. The van der Waals surface area contributed by atoms with Gasteiger partial charge in [0.25, 0.3) is 0 Å². The third-order valence-electron chi connectivity index (χ3n) is 5.13. The maximum atomic E-state index is 12.4. The van der Waals surface area contributed by atoms with Crippen molar-refractivity contribution in [3.63, 3.8) is 0 Å². The number of carbonyl (C=O) groups excluding carboxylic acids is 1. The Bertz CT molecular complexity index is 535. The lowest BCUT2D eigenvalue weighted by atomic mass is 9.85. The predicted octanol–water partition coefficient (Wildman–Crippen LogP) is 2.40. The normalized spacial score (nSPS) is 20.4. The zero-order chi connectivity index (χ0) is 16.9. The molecule has 0 unspecified atom stereocenters. The van der Waals surface area contributed by atoms with E-state index in [-0.39, 0.29) is 12.1 Å². The van der Waals surface area contributed by atoms with Crippen molar-refractivity contribution in [1.82, 2.24) is 15.1 Å². The summed E-state index contributed by atoms with van der Waals surface area (Å²) in [5.74, 6) is 2.50. The summed E-state index contributed by atoms with van der Waals surface area (Å²) in [6.45, 7) is 6.54. The number of carbonyl (C=O) groups is 1. The summed E-state index contributed by atoms with van der Waals surface area (Å²) in [6.07, 6.45) is 3.80. The van der Waals surface area contributed by atoms with Gasteiger partial charge in [-0.3, -0.25) is 4.90 Å². The van der Waals surface area contributed by atoms with Crippen LogP contribution in [0.15, 0.2) is 16.5 Å². The molecule has 1 saturated carbocycles. The minimum absolute atomic E-state index is 0.00318. The molecule has 0 bridgehead atoms. The second kappa shape index (κ2) is 8.03. The van der Waals surface area contributed by atoms with Gasteiger partial charge >= 0.3 is 6.03 Å². The zero-order valence-electron chi connectivity index (χ0n) is 14.8. The van der Waals surface area contributed by atoms with E-state index in [0.29, 0.717) is 12.5 Å². The monoisotopic (exact) mass is 335 g/mol. The number of furan rings is 1. The van der Waals surface area contributed by atoms with Crippen molar-refractivity contribution in [3.05, 3.63) is 23.7 Å². The van der Waals surface area contributed by atoms with Gasteiger partial charge in [-0.25, -0.2) is 4.79 Å². The highest BCUT2D eigenvalue weighted by Crippen LogP contribution is 2.27. The molecule has 1 saturated heterocycles. The van der Waals surface area contributed by atoms with Crippen LogP contribution in [0.2, 0.25) is 0 Å². The zero-order valence-corrected chi connectivity index (χ0v) is 14.8. The van der Waals surface area contributed by atoms with E-state index in [4.69, 9.17) is 9.15 Å². The molecule has 1 aromatic rings. The van der Waals surface area contributed by atoms with E-state index in [1.807, 2.05) is 31.0 Å². The molecule has 1 aromatic heterocycles. The lowest BCUT2D eigenvalue weighted by molar-refractivity contribution is 0.0119. The quantitative estimate of drug-likeness (QED) is 0.867. The number of ether oxygens (including phenoxy) is 1. The standard InChI is InChI=1S/C18H29N3O3/c1-14-6-7-17(24-14)16(21-8-10-23-11-9-21)12-19-18(22)20(2)13-15-4-3-5-15/h6-7,15-16H,3-5,8-13H2,1-2H3,(H,19,22)/t16-/m0/s1. The van der Waals surface area contributed by atoms with Gasteiger partial charge in [0.1, 0.15) is 11.5 Å². The molecule has 1 N–H and O–H groups in total. The molecule has 1 aliphatic carbocycles. The summed E-state index contributed by atoms with van der Waals surface area (Å²) >= 11 is 0. The van der Waals surface area contributed by atoms with Crippen molar-refractivity contribution < 1.29 is 13.9 Å². The number of nitrogens with one attached hydrogen (secondary N) is 1. The Morgan fingerprint density at radius 3 is 2.71 bits per heavy atom. The van der Waals surface area contributed by atoms with Crippen molar-refractivity contribution in [2.24, 2.45) is 5.92 Å². The number of urea groups is 1. The molecular weight excluding hydrogens is 306 g/mol.